The van der Waals surface area contributed by atoms with Gasteiger partial charge in [-0.2, -0.15) is 0 Å². The van der Waals surface area contributed by atoms with Crippen LogP contribution in [0.2, 0.25) is 0 Å². The van der Waals surface area contributed by atoms with Crippen LogP contribution in [0.1, 0.15) is 0 Å². The van der Waals surface area contributed by atoms with E-state index in [1.165, 1.54) is 45.9 Å². The van der Waals surface area contributed by atoms with E-state index < -0.39 is 0 Å². The van der Waals surface area contributed by atoms with Crippen LogP contribution in [0.5, 0.6) is 0 Å². The number of thiophene rings is 2. The van der Waals surface area contributed by atoms with Crippen molar-refractivity contribution in [3.8, 4) is 56.4 Å². The van der Waals surface area contributed by atoms with Gasteiger partial charge in [0, 0.05) is 57.0 Å². The van der Waals surface area contributed by atoms with Crippen LogP contribution in [0.3, 0.4) is 0 Å². The molecule has 0 aliphatic heterocycles. The van der Waals surface area contributed by atoms with Gasteiger partial charge in [0.15, 0.2) is 17.5 Å². The third kappa shape index (κ3) is 4.74. The molecule has 0 fully saturated rings. The Balaban J connectivity index is 1.26. The molecule has 10 aromatic rings. The Morgan fingerprint density at radius 3 is 1.54 bits per heavy atom. The van der Waals surface area contributed by atoms with Crippen LogP contribution in [0.4, 0.5) is 0 Å². The fraction of sp³-hybridized carbons (Fsp3) is 0. The molecule has 0 N–H and O–H groups in total. The number of aromatic nitrogens is 3. The van der Waals surface area contributed by atoms with E-state index in [9.17, 15) is 0 Å². The third-order valence-corrected chi connectivity index (χ3v) is 11.7. The zero-order chi connectivity index (χ0) is 33.0. The first-order chi connectivity index (χ1) is 24.8. The fourth-order valence-corrected chi connectivity index (χ4v) is 9.46. The zero-order valence-electron chi connectivity index (χ0n) is 26.7. The third-order valence-electron chi connectivity index (χ3n) is 9.39. The molecule has 0 saturated heterocycles. The molecule has 0 spiro atoms. The molecule has 3 nitrogen and oxygen atoms in total. The Kier molecular flexibility index (Phi) is 6.86. The van der Waals surface area contributed by atoms with Gasteiger partial charge in [0.05, 0.1) is 0 Å². The number of hydrogen-bond acceptors (Lipinski definition) is 5. The van der Waals surface area contributed by atoms with Crippen LogP contribution < -0.4 is 0 Å². The molecular weight excluding hydrogens is 647 g/mol. The summed E-state index contributed by atoms with van der Waals surface area (Å²) in [5.41, 5.74) is 7.43. The summed E-state index contributed by atoms with van der Waals surface area (Å²) in [4.78, 5) is 15.9. The fourth-order valence-electron chi connectivity index (χ4n) is 7.12. The summed E-state index contributed by atoms with van der Waals surface area (Å²) >= 11 is 3.62. The quantitative estimate of drug-likeness (QED) is 0.182. The van der Waals surface area contributed by atoms with Gasteiger partial charge in [-0.3, -0.25) is 0 Å². The molecule has 3 heterocycles. The summed E-state index contributed by atoms with van der Waals surface area (Å²) in [5, 5.41) is 5.00. The molecule has 0 unspecified atom stereocenters. The van der Waals surface area contributed by atoms with Gasteiger partial charge in [0.25, 0.3) is 0 Å². The summed E-state index contributed by atoms with van der Waals surface area (Å²) in [6, 6.07) is 57.8. The van der Waals surface area contributed by atoms with E-state index >= 15 is 0 Å². The largest absolute Gasteiger partial charge is 0.208 e. The van der Waals surface area contributed by atoms with Gasteiger partial charge < -0.3 is 0 Å². The van der Waals surface area contributed by atoms with Crippen molar-refractivity contribution in [1.29, 1.82) is 0 Å². The van der Waals surface area contributed by atoms with E-state index in [1.54, 1.807) is 11.3 Å². The molecule has 0 aliphatic carbocycles. The predicted molar refractivity (Wildman–Crippen MR) is 213 cm³/mol. The molecule has 3 aromatic heterocycles. The van der Waals surface area contributed by atoms with E-state index in [0.717, 1.165) is 33.4 Å². The second-order valence-electron chi connectivity index (χ2n) is 12.3. The van der Waals surface area contributed by atoms with E-state index in [1.807, 2.05) is 17.4 Å². The normalized spacial score (nSPS) is 11.6. The van der Waals surface area contributed by atoms with E-state index in [-0.39, 0.29) is 0 Å². The predicted octanol–water partition coefficient (Wildman–Crippen LogP) is 12.9. The second-order valence-corrected chi connectivity index (χ2v) is 14.5. The Labute approximate surface area is 296 Å². The molecule has 10 rings (SSSR count). The minimum atomic E-state index is 0.650. The van der Waals surface area contributed by atoms with Crippen molar-refractivity contribution < 1.29 is 0 Å². The van der Waals surface area contributed by atoms with Crippen LogP contribution in [0.15, 0.2) is 164 Å². The van der Waals surface area contributed by atoms with Crippen molar-refractivity contribution in [3.05, 3.63) is 164 Å². The minimum absolute atomic E-state index is 0.650. The molecule has 0 aliphatic rings. The Bertz CT molecular complexity index is 2890. The summed E-state index contributed by atoms with van der Waals surface area (Å²) in [6.45, 7) is 0. The van der Waals surface area contributed by atoms with Crippen LogP contribution >= 0.6 is 22.7 Å². The van der Waals surface area contributed by atoms with Gasteiger partial charge >= 0.3 is 0 Å². The molecular formula is C45H27N3S2. The Morgan fingerprint density at radius 2 is 0.780 bits per heavy atom. The lowest BCUT2D eigenvalue weighted by Gasteiger charge is -2.14. The van der Waals surface area contributed by atoms with Crippen molar-refractivity contribution in [3.63, 3.8) is 0 Å². The van der Waals surface area contributed by atoms with Gasteiger partial charge in [-0.1, -0.05) is 140 Å². The lowest BCUT2D eigenvalue weighted by Crippen LogP contribution is -2.02. The highest BCUT2D eigenvalue weighted by molar-refractivity contribution is 7.26. The number of nitrogens with zero attached hydrogens (tertiary/aromatic N) is 3. The van der Waals surface area contributed by atoms with Crippen molar-refractivity contribution in [1.82, 2.24) is 15.0 Å². The number of rotatable bonds is 5. The number of hydrogen-bond donors (Lipinski definition) is 0. The molecule has 0 radical (unpaired) electrons. The SMILES string of the molecule is c1ccc(-c2ccccc2-c2nc(-c3ccccc3-c3cccc4sc5ccccc5c34)nc(-c3cccc4c3sc3ccccc34)n2)cc1. The van der Waals surface area contributed by atoms with Crippen LogP contribution in [0.25, 0.3) is 96.8 Å². The highest BCUT2D eigenvalue weighted by Gasteiger charge is 2.21. The molecule has 5 heteroatoms. The van der Waals surface area contributed by atoms with Gasteiger partial charge in [0.1, 0.15) is 0 Å². The number of benzene rings is 7. The first kappa shape index (κ1) is 29.0. The summed E-state index contributed by atoms with van der Waals surface area (Å²) in [7, 11) is 0. The van der Waals surface area contributed by atoms with Gasteiger partial charge in [-0.15, -0.1) is 22.7 Å². The first-order valence-corrected chi connectivity index (χ1v) is 18.2. The molecule has 0 atom stereocenters. The molecule has 0 amide bonds. The smallest absolute Gasteiger partial charge is 0.165 e. The number of fused-ring (bicyclic) bond motifs is 6. The van der Waals surface area contributed by atoms with Crippen molar-refractivity contribution in [2.45, 2.75) is 0 Å². The van der Waals surface area contributed by atoms with Crippen LogP contribution in [-0.2, 0) is 0 Å². The van der Waals surface area contributed by atoms with Crippen molar-refractivity contribution in [2.24, 2.45) is 0 Å². The summed E-state index contributed by atoms with van der Waals surface area (Å²) in [6.07, 6.45) is 0. The lowest BCUT2D eigenvalue weighted by atomic mass is 9.95. The monoisotopic (exact) mass is 673 g/mol. The van der Waals surface area contributed by atoms with Crippen LogP contribution in [-0.4, -0.2) is 15.0 Å². The van der Waals surface area contributed by atoms with E-state index in [2.05, 4.69) is 158 Å². The summed E-state index contributed by atoms with van der Waals surface area (Å²) in [5.74, 6) is 1.97. The average Bonchev–Trinajstić information content (AvgIpc) is 3.77. The molecule has 0 saturated carbocycles. The maximum Gasteiger partial charge on any atom is 0.165 e. The van der Waals surface area contributed by atoms with E-state index in [4.69, 9.17) is 15.0 Å². The van der Waals surface area contributed by atoms with Gasteiger partial charge in [-0.25, -0.2) is 15.0 Å². The first-order valence-electron chi connectivity index (χ1n) is 16.6. The Hall–Kier alpha value is -6.01. The summed E-state index contributed by atoms with van der Waals surface area (Å²) < 4.78 is 4.98. The highest BCUT2D eigenvalue weighted by atomic mass is 32.1. The van der Waals surface area contributed by atoms with Crippen molar-refractivity contribution >= 4 is 63.0 Å². The molecule has 7 aromatic carbocycles. The second kappa shape index (κ2) is 11.8. The molecule has 234 valence electrons. The zero-order valence-corrected chi connectivity index (χ0v) is 28.4. The van der Waals surface area contributed by atoms with Crippen molar-refractivity contribution in [2.75, 3.05) is 0 Å². The van der Waals surface area contributed by atoms with Crippen LogP contribution in [0, 0.1) is 0 Å². The minimum Gasteiger partial charge on any atom is -0.208 e. The maximum atomic E-state index is 5.33. The Morgan fingerprint density at radius 1 is 0.300 bits per heavy atom. The standard InChI is InChI=1S/C45H27N3S2/c1-2-14-28(15-3-1)29-16-4-6-19-34(29)43-46-44(48-45(47-43)37-24-12-23-33-31-18-8-10-25-38(31)50-42(33)37)35-20-7-5-17-30(35)32-22-13-27-40-41(32)36-21-9-11-26-39(36)49-40/h1-27H. The van der Waals surface area contributed by atoms with Gasteiger partial charge in [0.2, 0.25) is 0 Å². The lowest BCUT2D eigenvalue weighted by molar-refractivity contribution is 1.08. The topological polar surface area (TPSA) is 38.7 Å². The highest BCUT2D eigenvalue weighted by Crippen LogP contribution is 2.44. The van der Waals surface area contributed by atoms with Gasteiger partial charge in [-0.05, 0) is 46.5 Å². The average molecular weight is 674 g/mol. The maximum absolute atomic E-state index is 5.33. The molecule has 0 bridgehead atoms. The molecule has 50 heavy (non-hydrogen) atoms. The van der Waals surface area contributed by atoms with E-state index in [0.29, 0.717) is 17.5 Å².